The predicted octanol–water partition coefficient (Wildman–Crippen LogP) is 5.61. The first-order valence-corrected chi connectivity index (χ1v) is 12.1. The molecule has 2 heterocycles. The van der Waals surface area contributed by atoms with Gasteiger partial charge >= 0.3 is 0 Å². The third-order valence-electron chi connectivity index (χ3n) is 6.33. The van der Waals surface area contributed by atoms with E-state index in [1.54, 1.807) is 6.08 Å². The molecule has 2 aromatic carbocycles. The highest BCUT2D eigenvalue weighted by Crippen LogP contribution is 2.44. The van der Waals surface area contributed by atoms with E-state index in [1.807, 2.05) is 6.07 Å². The Kier molecular flexibility index (Phi) is 6.53. The number of carbonyl (C=O) groups excluding carboxylic acids is 3. The summed E-state index contributed by atoms with van der Waals surface area (Å²) in [6.45, 7) is 9.38. The van der Waals surface area contributed by atoms with Crippen LogP contribution in [0.25, 0.3) is 6.08 Å². The van der Waals surface area contributed by atoms with Gasteiger partial charge in [-0.25, -0.2) is 4.39 Å². The molecule has 0 saturated carbocycles. The van der Waals surface area contributed by atoms with Gasteiger partial charge < -0.3 is 10.2 Å². The van der Waals surface area contributed by atoms with Gasteiger partial charge in [0.25, 0.3) is 11.1 Å². The van der Waals surface area contributed by atoms with E-state index in [0.29, 0.717) is 11.6 Å². The largest absolute Gasteiger partial charge is 0.366 e. The summed E-state index contributed by atoms with van der Waals surface area (Å²) in [4.78, 5) is 41.3. The quantitative estimate of drug-likeness (QED) is 0.562. The van der Waals surface area contributed by atoms with Crippen LogP contribution >= 0.6 is 11.8 Å². The molecular weight excluding hydrogens is 453 g/mol. The number of hydrogen-bond donors (Lipinski definition) is 1. The number of carbonyl (C=O) groups is 3. The van der Waals surface area contributed by atoms with Gasteiger partial charge in [-0.3, -0.25) is 19.3 Å². The fourth-order valence-corrected chi connectivity index (χ4v) is 5.70. The molecule has 178 valence electrons. The SMILES string of the molecule is CCN1c2ccc(/C=C3\SC(=O)N(CC(=O)Nc4ccc(F)cc4)C3=O)cc2[C@H](C)CC1(C)C. The van der Waals surface area contributed by atoms with Crippen molar-refractivity contribution in [1.82, 2.24) is 4.90 Å². The van der Waals surface area contributed by atoms with Crippen LogP contribution in [0.3, 0.4) is 0 Å². The molecule has 1 N–H and O–H groups in total. The summed E-state index contributed by atoms with van der Waals surface area (Å²) in [7, 11) is 0. The minimum atomic E-state index is -0.528. The Labute approximate surface area is 203 Å². The van der Waals surface area contributed by atoms with Crippen molar-refractivity contribution in [3.63, 3.8) is 0 Å². The van der Waals surface area contributed by atoms with Gasteiger partial charge in [-0.2, -0.15) is 0 Å². The van der Waals surface area contributed by atoms with Crippen LogP contribution in [0.2, 0.25) is 0 Å². The molecule has 8 heteroatoms. The zero-order valence-electron chi connectivity index (χ0n) is 19.7. The number of nitrogens with one attached hydrogen (secondary N) is 1. The Morgan fingerprint density at radius 1 is 1.21 bits per heavy atom. The molecule has 0 spiro atoms. The second kappa shape index (κ2) is 9.25. The summed E-state index contributed by atoms with van der Waals surface area (Å²) in [5.74, 6) is -1.07. The van der Waals surface area contributed by atoms with E-state index >= 15 is 0 Å². The van der Waals surface area contributed by atoms with Crippen molar-refractivity contribution in [2.75, 3.05) is 23.3 Å². The minimum Gasteiger partial charge on any atom is -0.366 e. The molecule has 0 aliphatic carbocycles. The van der Waals surface area contributed by atoms with Crippen LogP contribution in [0.4, 0.5) is 20.6 Å². The van der Waals surface area contributed by atoms with Crippen molar-refractivity contribution >= 4 is 46.3 Å². The number of amides is 3. The van der Waals surface area contributed by atoms with Gasteiger partial charge in [-0.05, 0) is 98.5 Å². The zero-order valence-corrected chi connectivity index (χ0v) is 20.5. The predicted molar refractivity (Wildman–Crippen MR) is 134 cm³/mol. The summed E-state index contributed by atoms with van der Waals surface area (Å²) in [6, 6.07) is 11.4. The molecule has 2 aliphatic rings. The molecule has 6 nitrogen and oxygen atoms in total. The molecule has 0 unspecified atom stereocenters. The first-order chi connectivity index (χ1) is 16.1. The first kappa shape index (κ1) is 24.0. The average molecular weight is 482 g/mol. The van der Waals surface area contributed by atoms with Crippen molar-refractivity contribution in [3.8, 4) is 0 Å². The van der Waals surface area contributed by atoms with Gasteiger partial charge in [0.1, 0.15) is 12.4 Å². The Balaban J connectivity index is 1.50. The number of halogens is 1. The number of rotatable bonds is 5. The van der Waals surface area contributed by atoms with E-state index in [-0.39, 0.29) is 10.4 Å². The van der Waals surface area contributed by atoms with E-state index in [0.717, 1.165) is 35.2 Å². The number of anilines is 2. The molecular formula is C26H28FN3O3S. The maximum atomic E-state index is 13.0. The molecule has 34 heavy (non-hydrogen) atoms. The highest BCUT2D eigenvalue weighted by atomic mass is 32.2. The van der Waals surface area contributed by atoms with E-state index in [1.165, 1.54) is 35.5 Å². The number of thioether (sulfide) groups is 1. The van der Waals surface area contributed by atoms with E-state index < -0.39 is 29.4 Å². The Bertz CT molecular complexity index is 1180. The summed E-state index contributed by atoms with van der Waals surface area (Å²) in [5, 5.41) is 2.08. The molecule has 2 aliphatic heterocycles. The minimum absolute atomic E-state index is 0.0693. The third-order valence-corrected chi connectivity index (χ3v) is 7.23. The molecule has 0 bridgehead atoms. The number of imide groups is 1. The number of nitrogens with zero attached hydrogens (tertiary/aromatic N) is 2. The standard InChI is InChI=1S/C26H28FN3O3S/c1-5-30-21-11-6-17(12-20(21)16(2)14-26(30,3)4)13-22-24(32)29(25(33)34-22)15-23(31)28-19-9-7-18(27)8-10-19/h6-13,16H,5,14-15H2,1-4H3,(H,28,31)/b22-13-/t16-/m1/s1. The molecule has 0 radical (unpaired) electrons. The van der Waals surface area contributed by atoms with E-state index in [9.17, 15) is 18.8 Å². The normalized spacial score (nSPS) is 20.6. The Hall–Kier alpha value is -3.13. The van der Waals surface area contributed by atoms with Crippen molar-refractivity contribution in [2.45, 2.75) is 45.6 Å². The van der Waals surface area contributed by atoms with Gasteiger partial charge in [0.2, 0.25) is 5.91 Å². The summed E-state index contributed by atoms with van der Waals surface area (Å²) in [6.07, 6.45) is 2.74. The topological polar surface area (TPSA) is 69.7 Å². The summed E-state index contributed by atoms with van der Waals surface area (Å²) >= 11 is 0.828. The van der Waals surface area contributed by atoms with Crippen LogP contribution < -0.4 is 10.2 Å². The lowest BCUT2D eigenvalue weighted by Gasteiger charge is -2.47. The molecule has 3 amide bonds. The van der Waals surface area contributed by atoms with Crippen LogP contribution in [-0.4, -0.2) is 40.6 Å². The number of hydrogen-bond acceptors (Lipinski definition) is 5. The summed E-state index contributed by atoms with van der Waals surface area (Å²) in [5.41, 5.74) is 3.74. The van der Waals surface area contributed by atoms with Crippen LogP contribution in [0.15, 0.2) is 47.4 Å². The number of fused-ring (bicyclic) bond motifs is 1. The Morgan fingerprint density at radius 2 is 1.91 bits per heavy atom. The van der Waals surface area contributed by atoms with Gasteiger partial charge in [0.15, 0.2) is 0 Å². The smallest absolute Gasteiger partial charge is 0.294 e. The monoisotopic (exact) mass is 481 g/mol. The molecule has 1 fully saturated rings. The summed E-state index contributed by atoms with van der Waals surface area (Å²) < 4.78 is 13.0. The first-order valence-electron chi connectivity index (χ1n) is 11.3. The second-order valence-corrected chi connectivity index (χ2v) is 10.3. The van der Waals surface area contributed by atoms with Crippen molar-refractivity contribution < 1.29 is 18.8 Å². The lowest BCUT2D eigenvalue weighted by atomic mass is 9.79. The fraction of sp³-hybridized carbons (Fsp3) is 0.346. The average Bonchev–Trinajstić information content (AvgIpc) is 3.02. The van der Waals surface area contributed by atoms with E-state index in [4.69, 9.17) is 0 Å². The molecule has 2 aromatic rings. The zero-order chi connectivity index (χ0) is 24.6. The maximum absolute atomic E-state index is 13.0. The molecule has 1 saturated heterocycles. The second-order valence-electron chi connectivity index (χ2n) is 9.30. The number of benzene rings is 2. The van der Waals surface area contributed by atoms with Crippen molar-refractivity contribution in [3.05, 3.63) is 64.3 Å². The van der Waals surface area contributed by atoms with Gasteiger partial charge in [0.05, 0.1) is 4.91 Å². The van der Waals surface area contributed by atoms with Crippen LogP contribution in [-0.2, 0) is 9.59 Å². The maximum Gasteiger partial charge on any atom is 0.294 e. The third kappa shape index (κ3) is 4.73. The van der Waals surface area contributed by atoms with Gasteiger partial charge in [-0.1, -0.05) is 13.0 Å². The van der Waals surface area contributed by atoms with Crippen LogP contribution in [0.5, 0.6) is 0 Å². The fourth-order valence-electron chi connectivity index (χ4n) is 4.86. The highest BCUT2D eigenvalue weighted by molar-refractivity contribution is 8.18. The van der Waals surface area contributed by atoms with Gasteiger partial charge in [-0.15, -0.1) is 0 Å². The lowest BCUT2D eigenvalue weighted by Crippen LogP contribution is -2.48. The lowest BCUT2D eigenvalue weighted by molar-refractivity contribution is -0.127. The van der Waals surface area contributed by atoms with Crippen LogP contribution in [0, 0.1) is 5.82 Å². The van der Waals surface area contributed by atoms with Crippen molar-refractivity contribution in [2.24, 2.45) is 0 Å². The van der Waals surface area contributed by atoms with Crippen molar-refractivity contribution in [1.29, 1.82) is 0 Å². The molecule has 0 aromatic heterocycles. The van der Waals surface area contributed by atoms with Crippen LogP contribution in [0.1, 0.15) is 51.2 Å². The van der Waals surface area contributed by atoms with E-state index in [2.05, 4.69) is 50.0 Å². The highest BCUT2D eigenvalue weighted by Gasteiger charge is 2.37. The van der Waals surface area contributed by atoms with Gasteiger partial charge in [0, 0.05) is 23.5 Å². The molecule has 4 rings (SSSR count). The molecule has 1 atom stereocenters. The Morgan fingerprint density at radius 3 is 2.59 bits per heavy atom.